The summed E-state index contributed by atoms with van der Waals surface area (Å²) in [5.74, 6) is -0.480. The van der Waals surface area contributed by atoms with Gasteiger partial charge in [-0.3, -0.25) is 14.0 Å². The molecule has 0 bridgehead atoms. The summed E-state index contributed by atoms with van der Waals surface area (Å²) in [4.78, 5) is 29.5. The van der Waals surface area contributed by atoms with E-state index in [1.165, 1.54) is 21.8 Å². The van der Waals surface area contributed by atoms with Crippen LogP contribution in [0.2, 0.25) is 0 Å². The summed E-state index contributed by atoms with van der Waals surface area (Å²) < 4.78 is 14.6. The molecule has 138 valence electrons. The highest BCUT2D eigenvalue weighted by Gasteiger charge is 2.23. The van der Waals surface area contributed by atoms with Crippen molar-refractivity contribution < 1.29 is 13.9 Å². The summed E-state index contributed by atoms with van der Waals surface area (Å²) in [6.07, 6.45) is 2.93. The van der Waals surface area contributed by atoms with E-state index in [0.717, 1.165) is 9.86 Å². The SMILES string of the molecule is CCOC(=O)c1oc2ccc(Br)cc2c1Cn1cnc2c(cnn2C)c1=O. The molecule has 4 aromatic rings. The quantitative estimate of drug-likeness (QED) is 0.462. The third-order valence-corrected chi connectivity index (χ3v) is 4.75. The van der Waals surface area contributed by atoms with Gasteiger partial charge in [-0.2, -0.15) is 5.10 Å². The lowest BCUT2D eigenvalue weighted by Gasteiger charge is -2.06. The van der Waals surface area contributed by atoms with Crippen LogP contribution in [0, 0.1) is 0 Å². The molecule has 0 fully saturated rings. The number of aryl methyl sites for hydroxylation is 1. The Kier molecular flexibility index (Phi) is 4.31. The summed E-state index contributed by atoms with van der Waals surface area (Å²) in [5, 5.41) is 5.20. The van der Waals surface area contributed by atoms with Crippen molar-refractivity contribution in [3.63, 3.8) is 0 Å². The molecule has 3 aromatic heterocycles. The Balaban J connectivity index is 1.89. The van der Waals surface area contributed by atoms with Crippen LogP contribution in [-0.2, 0) is 18.3 Å². The molecule has 1 aromatic carbocycles. The number of aromatic nitrogens is 4. The normalized spacial score (nSPS) is 11.4. The van der Waals surface area contributed by atoms with Crippen LogP contribution in [0.15, 0.2) is 44.4 Å². The summed E-state index contributed by atoms with van der Waals surface area (Å²) in [6, 6.07) is 5.43. The molecular weight excluding hydrogens is 416 g/mol. The third-order valence-electron chi connectivity index (χ3n) is 4.26. The van der Waals surface area contributed by atoms with Crippen molar-refractivity contribution in [2.75, 3.05) is 6.61 Å². The zero-order valence-electron chi connectivity index (χ0n) is 14.6. The fourth-order valence-electron chi connectivity index (χ4n) is 2.99. The number of esters is 1. The third kappa shape index (κ3) is 2.93. The van der Waals surface area contributed by atoms with Crippen molar-refractivity contribution in [2.24, 2.45) is 7.05 Å². The second kappa shape index (κ2) is 6.66. The van der Waals surface area contributed by atoms with Gasteiger partial charge in [-0.25, -0.2) is 9.78 Å². The van der Waals surface area contributed by atoms with Crippen molar-refractivity contribution in [1.82, 2.24) is 19.3 Å². The number of carbonyl (C=O) groups excluding carboxylic acids is 1. The number of carbonyl (C=O) groups is 1. The predicted molar refractivity (Wildman–Crippen MR) is 102 cm³/mol. The van der Waals surface area contributed by atoms with Gasteiger partial charge in [-0.05, 0) is 25.1 Å². The van der Waals surface area contributed by atoms with Gasteiger partial charge < -0.3 is 9.15 Å². The second-order valence-electron chi connectivity index (χ2n) is 5.95. The summed E-state index contributed by atoms with van der Waals surface area (Å²) in [7, 11) is 1.72. The number of ether oxygens (including phenoxy) is 1. The second-order valence-corrected chi connectivity index (χ2v) is 6.87. The topological polar surface area (TPSA) is 92.2 Å². The summed E-state index contributed by atoms with van der Waals surface area (Å²) >= 11 is 3.43. The van der Waals surface area contributed by atoms with Crippen LogP contribution in [-0.4, -0.2) is 31.9 Å². The molecule has 0 saturated carbocycles. The fourth-order valence-corrected chi connectivity index (χ4v) is 3.35. The number of hydrogen-bond acceptors (Lipinski definition) is 6. The molecule has 0 aliphatic heterocycles. The van der Waals surface area contributed by atoms with E-state index in [0.29, 0.717) is 22.2 Å². The Morgan fingerprint density at radius 1 is 1.33 bits per heavy atom. The van der Waals surface area contributed by atoms with E-state index >= 15 is 0 Å². The number of rotatable bonds is 4. The Hall–Kier alpha value is -2.94. The molecule has 0 aliphatic rings. The lowest BCUT2D eigenvalue weighted by molar-refractivity contribution is 0.0490. The summed E-state index contributed by atoms with van der Waals surface area (Å²) in [5.41, 5.74) is 1.37. The van der Waals surface area contributed by atoms with Gasteiger partial charge in [-0.1, -0.05) is 15.9 Å². The van der Waals surface area contributed by atoms with Gasteiger partial charge in [0.15, 0.2) is 5.65 Å². The highest BCUT2D eigenvalue weighted by Crippen LogP contribution is 2.30. The number of furan rings is 1. The minimum atomic E-state index is -0.566. The number of nitrogens with zero attached hydrogens (tertiary/aromatic N) is 4. The Bertz CT molecular complexity index is 1240. The van der Waals surface area contributed by atoms with E-state index < -0.39 is 5.97 Å². The van der Waals surface area contributed by atoms with Crippen LogP contribution in [0.25, 0.3) is 22.0 Å². The van der Waals surface area contributed by atoms with E-state index in [-0.39, 0.29) is 24.5 Å². The summed E-state index contributed by atoms with van der Waals surface area (Å²) in [6.45, 7) is 2.07. The first kappa shape index (κ1) is 17.5. The van der Waals surface area contributed by atoms with E-state index in [4.69, 9.17) is 9.15 Å². The molecule has 0 spiro atoms. The van der Waals surface area contributed by atoms with Crippen molar-refractivity contribution in [2.45, 2.75) is 13.5 Å². The molecule has 9 heteroatoms. The Labute approximate surface area is 161 Å². The molecule has 0 radical (unpaired) electrons. The van der Waals surface area contributed by atoms with Crippen molar-refractivity contribution in [3.05, 3.63) is 56.9 Å². The van der Waals surface area contributed by atoms with Crippen LogP contribution in [0.3, 0.4) is 0 Å². The van der Waals surface area contributed by atoms with Crippen molar-refractivity contribution in [3.8, 4) is 0 Å². The maximum absolute atomic E-state index is 12.8. The molecule has 0 amide bonds. The van der Waals surface area contributed by atoms with Crippen LogP contribution < -0.4 is 5.56 Å². The maximum Gasteiger partial charge on any atom is 0.374 e. The molecule has 3 heterocycles. The predicted octanol–water partition coefficient (Wildman–Crippen LogP) is 2.86. The van der Waals surface area contributed by atoms with Gasteiger partial charge in [0.1, 0.15) is 17.3 Å². The van der Waals surface area contributed by atoms with Gasteiger partial charge in [-0.15, -0.1) is 0 Å². The molecule has 0 N–H and O–H groups in total. The maximum atomic E-state index is 12.8. The monoisotopic (exact) mass is 430 g/mol. The fraction of sp³-hybridized carbons (Fsp3) is 0.222. The van der Waals surface area contributed by atoms with E-state index in [1.54, 1.807) is 20.0 Å². The first-order valence-electron chi connectivity index (χ1n) is 8.24. The van der Waals surface area contributed by atoms with Crippen molar-refractivity contribution >= 4 is 43.9 Å². The molecule has 0 atom stereocenters. The minimum absolute atomic E-state index is 0.0862. The molecule has 0 unspecified atom stereocenters. The van der Waals surface area contributed by atoms with Gasteiger partial charge in [0, 0.05) is 22.5 Å². The van der Waals surface area contributed by atoms with Gasteiger partial charge in [0.05, 0.1) is 19.3 Å². The first-order valence-corrected chi connectivity index (χ1v) is 9.04. The van der Waals surface area contributed by atoms with Gasteiger partial charge in [0.2, 0.25) is 5.76 Å². The average molecular weight is 431 g/mol. The lowest BCUT2D eigenvalue weighted by atomic mass is 10.1. The molecule has 4 rings (SSSR count). The largest absolute Gasteiger partial charge is 0.460 e. The average Bonchev–Trinajstić information content (AvgIpc) is 3.19. The lowest BCUT2D eigenvalue weighted by Crippen LogP contribution is -2.22. The first-order chi connectivity index (χ1) is 13.0. The van der Waals surface area contributed by atoms with E-state index in [9.17, 15) is 9.59 Å². The zero-order chi connectivity index (χ0) is 19.1. The highest BCUT2D eigenvalue weighted by atomic mass is 79.9. The minimum Gasteiger partial charge on any atom is -0.460 e. The van der Waals surface area contributed by atoms with Crippen LogP contribution in [0.1, 0.15) is 23.0 Å². The van der Waals surface area contributed by atoms with Gasteiger partial charge in [0.25, 0.3) is 5.56 Å². The van der Waals surface area contributed by atoms with Gasteiger partial charge >= 0.3 is 5.97 Å². The zero-order valence-corrected chi connectivity index (χ0v) is 16.2. The van der Waals surface area contributed by atoms with Crippen LogP contribution >= 0.6 is 15.9 Å². The standard InChI is InChI=1S/C18H15BrN4O4/c1-3-26-18(25)15-13(11-6-10(19)4-5-14(11)27-15)8-23-9-20-16-12(17(23)24)7-21-22(16)2/h4-7,9H,3,8H2,1-2H3. The molecular formula is C18H15BrN4O4. The smallest absolute Gasteiger partial charge is 0.374 e. The Morgan fingerprint density at radius 3 is 2.93 bits per heavy atom. The molecule has 8 nitrogen and oxygen atoms in total. The Morgan fingerprint density at radius 2 is 2.15 bits per heavy atom. The molecule has 27 heavy (non-hydrogen) atoms. The van der Waals surface area contributed by atoms with Crippen molar-refractivity contribution in [1.29, 1.82) is 0 Å². The van der Waals surface area contributed by atoms with Crippen LogP contribution in [0.4, 0.5) is 0 Å². The molecule has 0 aliphatic carbocycles. The van der Waals surface area contributed by atoms with Crippen LogP contribution in [0.5, 0.6) is 0 Å². The van der Waals surface area contributed by atoms with E-state index in [2.05, 4.69) is 26.0 Å². The van der Waals surface area contributed by atoms with E-state index in [1.807, 2.05) is 12.1 Å². The number of benzene rings is 1. The number of halogens is 1. The number of hydrogen-bond donors (Lipinski definition) is 0. The number of fused-ring (bicyclic) bond motifs is 2. The molecule has 0 saturated heterocycles. The highest BCUT2D eigenvalue weighted by molar-refractivity contribution is 9.10.